The SMILES string of the molecule is FC(F)(F)c1ccc2c(c1)[C@@H]1C=CC[C@@H]1[C@H](c1ccccn1)N2. The predicted molar refractivity (Wildman–Crippen MR) is 82.0 cm³/mol. The molecule has 2 heterocycles. The van der Waals surface area contributed by atoms with E-state index in [4.69, 9.17) is 0 Å². The van der Waals surface area contributed by atoms with Gasteiger partial charge in [0.25, 0.3) is 0 Å². The molecule has 2 aromatic rings. The van der Waals surface area contributed by atoms with Crippen LogP contribution in [0.25, 0.3) is 0 Å². The molecule has 0 radical (unpaired) electrons. The van der Waals surface area contributed by atoms with E-state index in [-0.39, 0.29) is 17.9 Å². The van der Waals surface area contributed by atoms with Crippen LogP contribution < -0.4 is 5.32 Å². The fraction of sp³-hybridized carbons (Fsp3) is 0.278. The molecule has 0 spiro atoms. The number of hydrogen-bond donors (Lipinski definition) is 1. The predicted octanol–water partition coefficient (Wildman–Crippen LogP) is 4.93. The van der Waals surface area contributed by atoms with Crippen molar-refractivity contribution in [2.45, 2.75) is 24.6 Å². The van der Waals surface area contributed by atoms with Crippen LogP contribution in [0, 0.1) is 5.92 Å². The van der Waals surface area contributed by atoms with Crippen LogP contribution in [0.4, 0.5) is 18.9 Å². The maximum atomic E-state index is 13.0. The van der Waals surface area contributed by atoms with Crippen molar-refractivity contribution in [3.63, 3.8) is 0 Å². The summed E-state index contributed by atoms with van der Waals surface area (Å²) in [6, 6.07) is 9.73. The van der Waals surface area contributed by atoms with Crippen molar-refractivity contribution in [3.8, 4) is 0 Å². The van der Waals surface area contributed by atoms with Crippen molar-refractivity contribution in [3.05, 3.63) is 71.6 Å². The molecule has 1 aromatic carbocycles. The lowest BCUT2D eigenvalue weighted by Gasteiger charge is -2.37. The first-order chi connectivity index (χ1) is 11.0. The molecule has 0 saturated carbocycles. The summed E-state index contributed by atoms with van der Waals surface area (Å²) < 4.78 is 39.0. The van der Waals surface area contributed by atoms with Gasteiger partial charge in [-0.3, -0.25) is 4.98 Å². The first-order valence-electron chi connectivity index (χ1n) is 7.59. The first kappa shape index (κ1) is 14.3. The molecule has 0 bridgehead atoms. The second kappa shape index (κ2) is 5.11. The molecule has 2 aliphatic rings. The average Bonchev–Trinajstić information content (AvgIpc) is 3.03. The summed E-state index contributed by atoms with van der Waals surface area (Å²) in [5, 5.41) is 3.39. The molecule has 2 nitrogen and oxygen atoms in total. The van der Waals surface area contributed by atoms with E-state index in [1.165, 1.54) is 12.1 Å². The molecular weight excluding hydrogens is 301 g/mol. The van der Waals surface area contributed by atoms with Crippen molar-refractivity contribution in [1.29, 1.82) is 0 Å². The highest BCUT2D eigenvalue weighted by Gasteiger charge is 2.40. The van der Waals surface area contributed by atoms with Gasteiger partial charge in [-0.25, -0.2) is 0 Å². The van der Waals surface area contributed by atoms with Crippen LogP contribution in [-0.2, 0) is 6.18 Å². The molecule has 5 heteroatoms. The van der Waals surface area contributed by atoms with E-state index in [1.54, 1.807) is 6.20 Å². The summed E-state index contributed by atoms with van der Waals surface area (Å²) in [6.45, 7) is 0. The van der Waals surface area contributed by atoms with Gasteiger partial charge in [0, 0.05) is 17.8 Å². The summed E-state index contributed by atoms with van der Waals surface area (Å²) in [4.78, 5) is 4.42. The number of aromatic nitrogens is 1. The highest BCUT2D eigenvalue weighted by Crippen LogP contribution is 2.50. The van der Waals surface area contributed by atoms with E-state index in [1.807, 2.05) is 24.3 Å². The van der Waals surface area contributed by atoms with Crippen LogP contribution in [0.5, 0.6) is 0 Å². The van der Waals surface area contributed by atoms with Gasteiger partial charge in [-0.2, -0.15) is 13.2 Å². The molecule has 23 heavy (non-hydrogen) atoms. The molecule has 1 aliphatic heterocycles. The van der Waals surface area contributed by atoms with Gasteiger partial charge < -0.3 is 5.32 Å². The molecule has 0 fully saturated rings. The van der Waals surface area contributed by atoms with E-state index in [2.05, 4.69) is 16.4 Å². The fourth-order valence-electron chi connectivity index (χ4n) is 3.62. The summed E-state index contributed by atoms with van der Waals surface area (Å²) >= 11 is 0. The number of halogens is 3. The van der Waals surface area contributed by atoms with Crippen molar-refractivity contribution in [1.82, 2.24) is 4.98 Å². The number of fused-ring (bicyclic) bond motifs is 3. The second-order valence-electron chi connectivity index (χ2n) is 6.03. The Morgan fingerprint density at radius 2 is 2.00 bits per heavy atom. The molecule has 1 aromatic heterocycles. The summed E-state index contributed by atoms with van der Waals surface area (Å²) in [5.41, 5.74) is 1.83. The molecule has 1 N–H and O–H groups in total. The van der Waals surface area contributed by atoms with Gasteiger partial charge in [-0.15, -0.1) is 0 Å². The fourth-order valence-corrected chi connectivity index (χ4v) is 3.62. The Kier molecular flexibility index (Phi) is 3.18. The molecule has 3 atom stereocenters. The lowest BCUT2D eigenvalue weighted by atomic mass is 9.77. The standard InChI is InChI=1S/C18H15F3N2/c19-18(20,21)11-7-8-15-14(10-11)12-4-3-5-13(12)17(23-15)16-6-1-2-9-22-16/h1-4,6-10,12-13,17,23H,5H2/t12-,13+,17-/m1/s1. The summed E-state index contributed by atoms with van der Waals surface area (Å²) in [6.07, 6.45) is 2.36. The Labute approximate surface area is 132 Å². The minimum absolute atomic E-state index is 0.000515. The second-order valence-corrected chi connectivity index (χ2v) is 6.03. The van der Waals surface area contributed by atoms with Gasteiger partial charge in [0.1, 0.15) is 0 Å². The van der Waals surface area contributed by atoms with Crippen LogP contribution in [0.2, 0.25) is 0 Å². The molecule has 1 aliphatic carbocycles. The Balaban J connectivity index is 1.78. The Bertz CT molecular complexity index is 753. The Morgan fingerprint density at radius 3 is 2.74 bits per heavy atom. The zero-order valence-corrected chi connectivity index (χ0v) is 12.2. The lowest BCUT2D eigenvalue weighted by molar-refractivity contribution is -0.137. The third-order valence-corrected chi connectivity index (χ3v) is 4.70. The van der Waals surface area contributed by atoms with Crippen LogP contribution in [0.3, 0.4) is 0 Å². The zero-order chi connectivity index (χ0) is 16.0. The van der Waals surface area contributed by atoms with Crippen molar-refractivity contribution in [2.75, 3.05) is 5.32 Å². The van der Waals surface area contributed by atoms with Gasteiger partial charge in [0.15, 0.2) is 0 Å². The van der Waals surface area contributed by atoms with Crippen molar-refractivity contribution >= 4 is 5.69 Å². The number of nitrogens with zero attached hydrogens (tertiary/aromatic N) is 1. The number of pyridine rings is 1. The zero-order valence-electron chi connectivity index (χ0n) is 12.2. The number of anilines is 1. The minimum Gasteiger partial charge on any atom is -0.376 e. The number of rotatable bonds is 1. The topological polar surface area (TPSA) is 24.9 Å². The molecule has 0 saturated heterocycles. The molecule has 118 valence electrons. The highest BCUT2D eigenvalue weighted by atomic mass is 19.4. The first-order valence-corrected chi connectivity index (χ1v) is 7.59. The molecular formula is C18H15F3N2. The van der Waals surface area contributed by atoms with Gasteiger partial charge in [0.2, 0.25) is 0 Å². The number of nitrogens with one attached hydrogen (secondary N) is 1. The normalized spacial score (nSPS) is 25.6. The molecule has 0 unspecified atom stereocenters. The Hall–Kier alpha value is -2.30. The third-order valence-electron chi connectivity index (χ3n) is 4.70. The van der Waals surface area contributed by atoms with E-state index in [0.717, 1.165) is 29.4 Å². The minimum atomic E-state index is -4.31. The highest BCUT2D eigenvalue weighted by molar-refractivity contribution is 5.60. The van der Waals surface area contributed by atoms with Crippen LogP contribution in [0.15, 0.2) is 54.7 Å². The van der Waals surface area contributed by atoms with E-state index >= 15 is 0 Å². The largest absolute Gasteiger partial charge is 0.416 e. The smallest absolute Gasteiger partial charge is 0.376 e. The van der Waals surface area contributed by atoms with E-state index in [0.29, 0.717) is 0 Å². The van der Waals surface area contributed by atoms with Crippen LogP contribution in [0.1, 0.15) is 35.2 Å². The number of alkyl halides is 3. The van der Waals surface area contributed by atoms with Crippen LogP contribution in [-0.4, -0.2) is 4.98 Å². The summed E-state index contributed by atoms with van der Waals surface area (Å²) in [5.74, 6) is 0.196. The van der Waals surface area contributed by atoms with Gasteiger partial charge >= 0.3 is 6.18 Å². The quantitative estimate of drug-likeness (QED) is 0.755. The average molecular weight is 316 g/mol. The molecule has 0 amide bonds. The van der Waals surface area contributed by atoms with Gasteiger partial charge in [-0.1, -0.05) is 18.2 Å². The van der Waals surface area contributed by atoms with E-state index in [9.17, 15) is 13.2 Å². The van der Waals surface area contributed by atoms with E-state index < -0.39 is 11.7 Å². The molecule has 4 rings (SSSR count). The maximum absolute atomic E-state index is 13.0. The number of hydrogen-bond acceptors (Lipinski definition) is 2. The summed E-state index contributed by atoms with van der Waals surface area (Å²) in [7, 11) is 0. The van der Waals surface area contributed by atoms with Gasteiger partial charge in [-0.05, 0) is 48.2 Å². The number of allylic oxidation sites excluding steroid dienone is 2. The maximum Gasteiger partial charge on any atom is 0.416 e. The van der Waals surface area contributed by atoms with Gasteiger partial charge in [0.05, 0.1) is 17.3 Å². The Morgan fingerprint density at radius 1 is 1.13 bits per heavy atom. The van der Waals surface area contributed by atoms with Crippen molar-refractivity contribution in [2.24, 2.45) is 5.92 Å². The third kappa shape index (κ3) is 2.40. The number of benzene rings is 1. The van der Waals surface area contributed by atoms with Crippen LogP contribution >= 0.6 is 0 Å². The lowest BCUT2D eigenvalue weighted by Crippen LogP contribution is -2.30. The monoisotopic (exact) mass is 316 g/mol. The van der Waals surface area contributed by atoms with Crippen molar-refractivity contribution < 1.29 is 13.2 Å².